The highest BCUT2D eigenvalue weighted by Gasteiger charge is 2.38. The van der Waals surface area contributed by atoms with E-state index in [0.717, 1.165) is 0 Å². The predicted molar refractivity (Wildman–Crippen MR) is 116 cm³/mol. The van der Waals surface area contributed by atoms with Gasteiger partial charge in [-0.3, -0.25) is 0 Å². The number of hydrogen-bond acceptors (Lipinski definition) is 5. The number of esters is 2. The Morgan fingerprint density at radius 1 is 0.828 bits per heavy atom. The van der Waals surface area contributed by atoms with Gasteiger partial charge in [0.25, 0.3) is 0 Å². The smallest absolute Gasteiger partial charge is 0.338 e. The van der Waals surface area contributed by atoms with Gasteiger partial charge in [-0.2, -0.15) is 0 Å². The van der Waals surface area contributed by atoms with Crippen molar-refractivity contribution in [1.29, 1.82) is 0 Å². The molecule has 2 aromatic rings. The average molecular weight is 415 g/mol. The maximum Gasteiger partial charge on any atom is 0.338 e. The summed E-state index contributed by atoms with van der Waals surface area (Å²) in [6.07, 6.45) is -0.690. The van der Waals surface area contributed by atoms with Gasteiger partial charge in [0.15, 0.2) is 14.4 Å². The highest BCUT2D eigenvalue weighted by atomic mass is 28.4. The van der Waals surface area contributed by atoms with Crippen LogP contribution in [0.15, 0.2) is 60.7 Å². The molecule has 0 spiro atoms. The molecule has 0 aliphatic rings. The molecule has 0 radical (unpaired) electrons. The van der Waals surface area contributed by atoms with Gasteiger partial charge in [-0.15, -0.1) is 0 Å². The van der Waals surface area contributed by atoms with Crippen molar-refractivity contribution in [2.24, 2.45) is 0 Å². The second-order valence-electron chi connectivity index (χ2n) is 8.43. The number of carbonyl (C=O) groups excluding carboxylic acids is 2. The molecule has 0 amide bonds. The van der Waals surface area contributed by atoms with Crippen molar-refractivity contribution in [2.45, 2.75) is 45.0 Å². The lowest BCUT2D eigenvalue weighted by atomic mass is 10.2. The van der Waals surface area contributed by atoms with Crippen LogP contribution >= 0.6 is 0 Å². The van der Waals surface area contributed by atoms with Crippen LogP contribution in [0.2, 0.25) is 18.1 Å². The second-order valence-corrected chi connectivity index (χ2v) is 13.2. The summed E-state index contributed by atoms with van der Waals surface area (Å²) in [5.41, 5.74) is 0.894. The Kier molecular flexibility index (Phi) is 7.76. The Morgan fingerprint density at radius 2 is 1.31 bits per heavy atom. The Bertz CT molecular complexity index is 797. The third-order valence-electron chi connectivity index (χ3n) is 5.13. The topological polar surface area (TPSA) is 61.8 Å². The first-order chi connectivity index (χ1) is 13.6. The van der Waals surface area contributed by atoms with E-state index >= 15 is 0 Å². The van der Waals surface area contributed by atoms with Gasteiger partial charge in [-0.05, 0) is 42.4 Å². The molecule has 0 saturated heterocycles. The van der Waals surface area contributed by atoms with Gasteiger partial charge < -0.3 is 13.9 Å². The summed E-state index contributed by atoms with van der Waals surface area (Å²) >= 11 is 0. The lowest BCUT2D eigenvalue weighted by Crippen LogP contribution is -2.44. The third kappa shape index (κ3) is 6.83. The maximum atomic E-state index is 12.5. The van der Waals surface area contributed by atoms with E-state index in [1.807, 2.05) is 12.1 Å². The van der Waals surface area contributed by atoms with Crippen molar-refractivity contribution in [3.63, 3.8) is 0 Å². The van der Waals surface area contributed by atoms with Crippen LogP contribution < -0.4 is 0 Å². The molecule has 1 atom stereocenters. The fraction of sp³-hybridized carbons (Fsp3) is 0.391. The van der Waals surface area contributed by atoms with E-state index in [9.17, 15) is 9.59 Å². The van der Waals surface area contributed by atoms with Gasteiger partial charge in [0.2, 0.25) is 0 Å². The van der Waals surface area contributed by atoms with Crippen LogP contribution in [0.1, 0.15) is 41.5 Å². The summed E-state index contributed by atoms with van der Waals surface area (Å²) in [6, 6.07) is 17.5. The summed E-state index contributed by atoms with van der Waals surface area (Å²) in [5.74, 6) is -0.927. The molecule has 0 heterocycles. The first-order valence-electron chi connectivity index (χ1n) is 9.72. The van der Waals surface area contributed by atoms with Gasteiger partial charge in [0.1, 0.15) is 6.61 Å². The molecule has 2 rings (SSSR count). The summed E-state index contributed by atoms with van der Waals surface area (Å²) in [6.45, 7) is 10.8. The van der Waals surface area contributed by atoms with E-state index in [-0.39, 0.29) is 18.3 Å². The van der Waals surface area contributed by atoms with E-state index in [2.05, 4.69) is 33.9 Å². The van der Waals surface area contributed by atoms with Crippen LogP contribution in [-0.4, -0.2) is 39.6 Å². The zero-order valence-corrected chi connectivity index (χ0v) is 18.8. The van der Waals surface area contributed by atoms with Crippen LogP contribution in [0.3, 0.4) is 0 Å². The van der Waals surface area contributed by atoms with Gasteiger partial charge >= 0.3 is 11.9 Å². The molecule has 0 aliphatic heterocycles. The predicted octanol–water partition coefficient (Wildman–Crippen LogP) is 5.09. The third-order valence-corrected chi connectivity index (χ3v) is 9.63. The van der Waals surface area contributed by atoms with Crippen LogP contribution in [0.25, 0.3) is 0 Å². The number of carbonyl (C=O) groups is 2. The average Bonchev–Trinajstić information content (AvgIpc) is 2.70. The minimum absolute atomic E-state index is 0.0156. The lowest BCUT2D eigenvalue weighted by Gasteiger charge is -2.37. The summed E-state index contributed by atoms with van der Waals surface area (Å²) < 4.78 is 17.2. The zero-order valence-electron chi connectivity index (χ0n) is 17.8. The van der Waals surface area contributed by atoms with E-state index < -0.39 is 26.4 Å². The molecule has 0 aliphatic carbocycles. The fourth-order valence-electron chi connectivity index (χ4n) is 2.25. The molecule has 0 bridgehead atoms. The molecule has 0 N–H and O–H groups in total. The first kappa shape index (κ1) is 22.8. The van der Waals surface area contributed by atoms with E-state index in [1.54, 1.807) is 48.5 Å². The number of benzene rings is 2. The largest absolute Gasteiger partial charge is 0.458 e. The SMILES string of the molecule is CC(C)(C)[Si](C)(C)OC[C@@H](COC(=O)c1ccccc1)OC(=O)c1ccccc1. The minimum atomic E-state index is -2.05. The Hall–Kier alpha value is -2.44. The molecule has 0 aromatic heterocycles. The van der Waals surface area contributed by atoms with Crippen LogP contribution in [-0.2, 0) is 13.9 Å². The number of hydrogen-bond donors (Lipinski definition) is 0. The van der Waals surface area contributed by atoms with Crippen molar-refractivity contribution in [3.05, 3.63) is 71.8 Å². The van der Waals surface area contributed by atoms with E-state index in [0.29, 0.717) is 11.1 Å². The summed E-state index contributed by atoms with van der Waals surface area (Å²) in [7, 11) is -2.05. The van der Waals surface area contributed by atoms with Crippen molar-refractivity contribution in [1.82, 2.24) is 0 Å². The fourth-order valence-corrected chi connectivity index (χ4v) is 3.29. The summed E-state index contributed by atoms with van der Waals surface area (Å²) in [5, 5.41) is 0.0156. The van der Waals surface area contributed by atoms with Crippen LogP contribution in [0.4, 0.5) is 0 Å². The van der Waals surface area contributed by atoms with Crippen molar-refractivity contribution in [2.75, 3.05) is 13.2 Å². The monoisotopic (exact) mass is 414 g/mol. The molecule has 0 fully saturated rings. The standard InChI is InChI=1S/C23H30O5Si/c1-23(2,3)29(4,5)27-17-20(28-22(25)19-14-10-7-11-15-19)16-26-21(24)18-12-8-6-9-13-18/h6-15,20H,16-17H2,1-5H3/t20-/m1/s1. The van der Waals surface area contributed by atoms with Gasteiger partial charge in [0, 0.05) is 0 Å². The van der Waals surface area contributed by atoms with Crippen LogP contribution in [0, 0.1) is 0 Å². The van der Waals surface area contributed by atoms with Gasteiger partial charge in [0.05, 0.1) is 17.7 Å². The second kappa shape index (κ2) is 9.85. The molecular weight excluding hydrogens is 384 g/mol. The van der Waals surface area contributed by atoms with E-state index in [4.69, 9.17) is 13.9 Å². The van der Waals surface area contributed by atoms with Crippen LogP contribution in [0.5, 0.6) is 0 Å². The van der Waals surface area contributed by atoms with Crippen molar-refractivity contribution < 1.29 is 23.5 Å². The zero-order chi connectivity index (χ0) is 21.5. The number of ether oxygens (including phenoxy) is 2. The molecule has 29 heavy (non-hydrogen) atoms. The highest BCUT2D eigenvalue weighted by molar-refractivity contribution is 6.74. The molecule has 156 valence electrons. The first-order valence-corrected chi connectivity index (χ1v) is 12.6. The molecule has 0 saturated carbocycles. The molecule has 0 unspecified atom stereocenters. The van der Waals surface area contributed by atoms with Gasteiger partial charge in [-0.25, -0.2) is 9.59 Å². The molecule has 6 heteroatoms. The Labute approximate surface area is 174 Å². The Morgan fingerprint density at radius 3 is 1.79 bits per heavy atom. The molecule has 2 aromatic carbocycles. The lowest BCUT2D eigenvalue weighted by molar-refractivity contribution is -0.0152. The maximum absolute atomic E-state index is 12.5. The highest BCUT2D eigenvalue weighted by Crippen LogP contribution is 2.36. The number of rotatable bonds is 8. The molecular formula is C23H30O5Si. The quantitative estimate of drug-likeness (QED) is 0.445. The van der Waals surface area contributed by atoms with Crippen molar-refractivity contribution >= 4 is 20.3 Å². The minimum Gasteiger partial charge on any atom is -0.458 e. The molecule has 5 nitrogen and oxygen atoms in total. The normalized spacial score (nSPS) is 12.9. The van der Waals surface area contributed by atoms with Crippen molar-refractivity contribution in [3.8, 4) is 0 Å². The summed E-state index contributed by atoms with van der Waals surface area (Å²) in [4.78, 5) is 24.8. The van der Waals surface area contributed by atoms with Gasteiger partial charge in [-0.1, -0.05) is 57.2 Å². The van der Waals surface area contributed by atoms with E-state index in [1.165, 1.54) is 0 Å². The Balaban J connectivity index is 2.05.